The third kappa shape index (κ3) is 2.45. The molecule has 1 fully saturated rings. The van der Waals surface area contributed by atoms with Crippen molar-refractivity contribution in [3.05, 3.63) is 30.1 Å². The van der Waals surface area contributed by atoms with E-state index in [0.29, 0.717) is 0 Å². The molecule has 1 unspecified atom stereocenters. The van der Waals surface area contributed by atoms with Crippen LogP contribution in [0.4, 0.5) is 4.39 Å². The van der Waals surface area contributed by atoms with E-state index in [-0.39, 0.29) is 11.3 Å². The molecule has 0 spiro atoms. The maximum atomic E-state index is 12.6. The Morgan fingerprint density at radius 1 is 1.31 bits per heavy atom. The van der Waals surface area contributed by atoms with Crippen molar-refractivity contribution in [3.63, 3.8) is 0 Å². The quantitative estimate of drug-likeness (QED) is 0.722. The van der Waals surface area contributed by atoms with Gasteiger partial charge in [-0.15, -0.1) is 0 Å². The number of halogens is 1. The molecule has 1 aliphatic heterocycles. The molecule has 1 aromatic rings. The molecule has 1 nitrogen and oxygen atoms in total. The molecule has 13 heavy (non-hydrogen) atoms. The van der Waals surface area contributed by atoms with Crippen LogP contribution in [0.3, 0.4) is 0 Å². The number of hydrogen-bond donors (Lipinski definition) is 0. The summed E-state index contributed by atoms with van der Waals surface area (Å²) in [6.07, 6.45) is 2.24. The Kier molecular flexibility index (Phi) is 2.86. The predicted molar refractivity (Wildman–Crippen MR) is 51.2 cm³/mol. The Labute approximate surface area is 81.3 Å². The van der Waals surface area contributed by atoms with Crippen LogP contribution < -0.4 is 0 Å². The summed E-state index contributed by atoms with van der Waals surface area (Å²) in [5.41, 5.74) is 0.269. The second-order valence-corrected chi connectivity index (χ2v) is 4.25. The molecular weight excluding hydrogens is 187 g/mol. The van der Waals surface area contributed by atoms with Crippen molar-refractivity contribution in [1.29, 1.82) is 0 Å². The highest BCUT2D eigenvalue weighted by atomic mass is 32.2. The summed E-state index contributed by atoms with van der Waals surface area (Å²) in [4.78, 5) is 1.08. The summed E-state index contributed by atoms with van der Waals surface area (Å²) < 4.78 is 18.0. The van der Waals surface area contributed by atoms with Crippen LogP contribution in [0.25, 0.3) is 0 Å². The van der Waals surface area contributed by atoms with Gasteiger partial charge in [0.1, 0.15) is 11.3 Å². The zero-order chi connectivity index (χ0) is 9.10. The van der Waals surface area contributed by atoms with E-state index in [9.17, 15) is 4.39 Å². The lowest BCUT2D eigenvalue weighted by atomic mass is 10.3. The van der Waals surface area contributed by atoms with Crippen LogP contribution in [0.2, 0.25) is 0 Å². The Bertz CT molecular complexity index is 267. The zero-order valence-corrected chi connectivity index (χ0v) is 8.02. The molecule has 0 radical (unpaired) electrons. The fourth-order valence-corrected chi connectivity index (χ4v) is 2.35. The minimum atomic E-state index is -0.184. The standard InChI is InChI=1S/C10H11FOS/c11-8-3-5-9(6-4-8)13-10-2-1-7-12-10/h3-6,10H,1-2,7H2. The molecule has 1 heterocycles. The number of ether oxygens (including phenoxy) is 1. The molecule has 0 aromatic heterocycles. The average molecular weight is 198 g/mol. The summed E-state index contributed by atoms with van der Waals surface area (Å²) in [6.45, 7) is 0.860. The number of benzene rings is 1. The monoisotopic (exact) mass is 198 g/mol. The topological polar surface area (TPSA) is 9.23 Å². The summed E-state index contributed by atoms with van der Waals surface area (Å²) in [7, 11) is 0. The van der Waals surface area contributed by atoms with Crippen LogP contribution in [-0.4, -0.2) is 12.0 Å². The van der Waals surface area contributed by atoms with Gasteiger partial charge in [-0.25, -0.2) is 4.39 Å². The van der Waals surface area contributed by atoms with Gasteiger partial charge < -0.3 is 4.74 Å². The van der Waals surface area contributed by atoms with Crippen LogP contribution >= 0.6 is 11.8 Å². The third-order valence-corrected chi connectivity index (χ3v) is 3.15. The van der Waals surface area contributed by atoms with Gasteiger partial charge in [0, 0.05) is 11.5 Å². The van der Waals surface area contributed by atoms with Gasteiger partial charge in [-0.05, 0) is 37.1 Å². The second-order valence-electron chi connectivity index (χ2n) is 3.01. The molecule has 0 bridgehead atoms. The molecule has 2 rings (SSSR count). The van der Waals surface area contributed by atoms with Gasteiger partial charge in [0.05, 0.1) is 0 Å². The lowest BCUT2D eigenvalue weighted by Crippen LogP contribution is -1.97. The minimum Gasteiger partial charge on any atom is -0.367 e. The smallest absolute Gasteiger partial charge is 0.123 e. The van der Waals surface area contributed by atoms with E-state index in [4.69, 9.17) is 4.74 Å². The van der Waals surface area contributed by atoms with Crippen LogP contribution in [-0.2, 0) is 4.74 Å². The number of rotatable bonds is 2. The Balaban J connectivity index is 1.97. The molecule has 0 saturated carbocycles. The minimum absolute atomic E-state index is 0.184. The SMILES string of the molecule is Fc1ccc(SC2CCCO2)cc1. The zero-order valence-electron chi connectivity index (χ0n) is 7.20. The predicted octanol–water partition coefficient (Wildman–Crippen LogP) is 3.05. The van der Waals surface area contributed by atoms with Gasteiger partial charge in [0.15, 0.2) is 0 Å². The Hall–Kier alpha value is -0.540. The molecule has 3 heteroatoms. The molecule has 0 aliphatic carbocycles. The van der Waals surface area contributed by atoms with Gasteiger partial charge in [-0.1, -0.05) is 11.8 Å². The van der Waals surface area contributed by atoms with E-state index in [1.165, 1.54) is 12.1 Å². The molecular formula is C10H11FOS. The van der Waals surface area contributed by atoms with Gasteiger partial charge >= 0.3 is 0 Å². The lowest BCUT2D eigenvalue weighted by molar-refractivity contribution is 0.173. The first-order valence-electron chi connectivity index (χ1n) is 4.38. The largest absolute Gasteiger partial charge is 0.367 e. The second kappa shape index (κ2) is 4.11. The maximum Gasteiger partial charge on any atom is 0.123 e. The highest BCUT2D eigenvalue weighted by Crippen LogP contribution is 2.30. The van der Waals surface area contributed by atoms with Gasteiger partial charge in [-0.2, -0.15) is 0 Å². The number of thioether (sulfide) groups is 1. The van der Waals surface area contributed by atoms with Crippen LogP contribution in [0.15, 0.2) is 29.2 Å². The summed E-state index contributed by atoms with van der Waals surface area (Å²) in [5, 5.41) is 0. The van der Waals surface area contributed by atoms with Crippen molar-refractivity contribution in [1.82, 2.24) is 0 Å². The van der Waals surface area contributed by atoms with Crippen molar-refractivity contribution in [2.75, 3.05) is 6.61 Å². The first kappa shape index (κ1) is 9.03. The summed E-state index contributed by atoms with van der Waals surface area (Å²) >= 11 is 1.67. The highest BCUT2D eigenvalue weighted by Gasteiger charge is 2.16. The van der Waals surface area contributed by atoms with E-state index in [1.807, 2.05) is 0 Å². The molecule has 70 valence electrons. The van der Waals surface area contributed by atoms with Crippen LogP contribution in [0, 0.1) is 5.82 Å². The van der Waals surface area contributed by atoms with Crippen molar-refractivity contribution in [3.8, 4) is 0 Å². The van der Waals surface area contributed by atoms with Gasteiger partial charge in [0.25, 0.3) is 0 Å². The van der Waals surface area contributed by atoms with Crippen molar-refractivity contribution < 1.29 is 9.13 Å². The fraction of sp³-hybridized carbons (Fsp3) is 0.400. The van der Waals surface area contributed by atoms with E-state index in [1.54, 1.807) is 23.9 Å². The summed E-state index contributed by atoms with van der Waals surface area (Å²) in [6, 6.07) is 6.55. The lowest BCUT2D eigenvalue weighted by Gasteiger charge is -2.07. The summed E-state index contributed by atoms with van der Waals surface area (Å²) in [5.74, 6) is -0.184. The maximum absolute atomic E-state index is 12.6. The first-order chi connectivity index (χ1) is 6.34. The molecule has 1 aromatic carbocycles. The molecule has 0 amide bonds. The number of hydrogen-bond acceptors (Lipinski definition) is 2. The van der Waals surface area contributed by atoms with Gasteiger partial charge in [0.2, 0.25) is 0 Å². The van der Waals surface area contributed by atoms with Crippen LogP contribution in [0.5, 0.6) is 0 Å². The average Bonchev–Trinajstić information content (AvgIpc) is 2.62. The van der Waals surface area contributed by atoms with E-state index >= 15 is 0 Å². The third-order valence-electron chi connectivity index (χ3n) is 1.97. The first-order valence-corrected chi connectivity index (χ1v) is 5.26. The highest BCUT2D eigenvalue weighted by molar-refractivity contribution is 7.99. The normalized spacial score (nSPS) is 22.1. The van der Waals surface area contributed by atoms with Crippen molar-refractivity contribution in [2.24, 2.45) is 0 Å². The Morgan fingerprint density at radius 3 is 2.69 bits per heavy atom. The molecule has 1 aliphatic rings. The van der Waals surface area contributed by atoms with Crippen LogP contribution in [0.1, 0.15) is 12.8 Å². The molecule has 0 N–H and O–H groups in total. The van der Waals surface area contributed by atoms with E-state index in [0.717, 1.165) is 24.3 Å². The van der Waals surface area contributed by atoms with E-state index in [2.05, 4.69) is 0 Å². The Morgan fingerprint density at radius 2 is 2.08 bits per heavy atom. The van der Waals surface area contributed by atoms with Crippen molar-refractivity contribution in [2.45, 2.75) is 23.2 Å². The van der Waals surface area contributed by atoms with E-state index < -0.39 is 0 Å². The molecule has 1 atom stereocenters. The van der Waals surface area contributed by atoms with Crippen molar-refractivity contribution >= 4 is 11.8 Å². The van der Waals surface area contributed by atoms with Gasteiger partial charge in [-0.3, -0.25) is 0 Å². The fourth-order valence-electron chi connectivity index (χ4n) is 1.31. The molecule has 1 saturated heterocycles.